The minimum absolute atomic E-state index is 0.0290. The number of hydrogen-bond donors (Lipinski definition) is 3. The van der Waals surface area contributed by atoms with Crippen LogP contribution in [0.2, 0.25) is 0 Å². The molecule has 0 radical (unpaired) electrons. The Morgan fingerprint density at radius 2 is 1.96 bits per heavy atom. The summed E-state index contributed by atoms with van der Waals surface area (Å²) in [4.78, 5) is 12.9. The summed E-state index contributed by atoms with van der Waals surface area (Å²) < 4.78 is 15.9. The molecule has 8 heteroatoms. The van der Waals surface area contributed by atoms with Gasteiger partial charge >= 0.3 is 6.03 Å². The predicted octanol–water partition coefficient (Wildman–Crippen LogP) is 3.09. The van der Waals surface area contributed by atoms with Crippen LogP contribution in [0.25, 0.3) is 0 Å². The van der Waals surface area contributed by atoms with Crippen LogP contribution < -0.4 is 20.1 Å². The lowest BCUT2D eigenvalue weighted by molar-refractivity contribution is 0.0623. The second-order valence-corrected chi connectivity index (χ2v) is 6.99. The van der Waals surface area contributed by atoms with Gasteiger partial charge in [0.1, 0.15) is 5.76 Å². The number of rotatable bonds is 8. The third-order valence-corrected chi connectivity index (χ3v) is 5.28. The number of hydrogen-bond acceptors (Lipinski definition) is 6. The van der Waals surface area contributed by atoms with Crippen LogP contribution in [-0.2, 0) is 12.1 Å². The molecule has 2 aromatic heterocycles. The molecule has 0 aliphatic carbocycles. The molecular weight excluding hydrogens is 380 g/mol. The molecule has 1 atom stereocenters. The van der Waals surface area contributed by atoms with Gasteiger partial charge in [-0.05, 0) is 41.3 Å². The van der Waals surface area contributed by atoms with Crippen molar-refractivity contribution in [2.45, 2.75) is 12.1 Å². The largest absolute Gasteiger partial charge is 0.493 e. The van der Waals surface area contributed by atoms with E-state index in [2.05, 4.69) is 10.6 Å². The van der Waals surface area contributed by atoms with E-state index in [4.69, 9.17) is 13.9 Å². The quantitative estimate of drug-likeness (QED) is 0.538. The smallest absolute Gasteiger partial charge is 0.315 e. The average molecular weight is 402 g/mol. The van der Waals surface area contributed by atoms with E-state index in [0.29, 0.717) is 28.7 Å². The maximum absolute atomic E-state index is 12.3. The fourth-order valence-corrected chi connectivity index (χ4v) is 3.60. The molecule has 0 saturated heterocycles. The van der Waals surface area contributed by atoms with Gasteiger partial charge in [-0.3, -0.25) is 0 Å². The van der Waals surface area contributed by atoms with Gasteiger partial charge < -0.3 is 29.6 Å². The number of aliphatic hydroxyl groups is 1. The maximum atomic E-state index is 12.3. The third kappa shape index (κ3) is 4.29. The topological polar surface area (TPSA) is 93.0 Å². The Kier molecular flexibility index (Phi) is 6.23. The number of carbonyl (C=O) groups excluding carboxylic acids is 1. The number of thiophene rings is 1. The predicted molar refractivity (Wildman–Crippen MR) is 106 cm³/mol. The zero-order valence-corrected chi connectivity index (χ0v) is 16.4. The van der Waals surface area contributed by atoms with Gasteiger partial charge in [0, 0.05) is 11.4 Å². The minimum Gasteiger partial charge on any atom is -0.493 e. The van der Waals surface area contributed by atoms with Crippen molar-refractivity contribution in [2.75, 3.05) is 20.8 Å². The number of ether oxygens (including phenoxy) is 2. The highest BCUT2D eigenvalue weighted by atomic mass is 32.1. The molecule has 3 N–H and O–H groups in total. The van der Waals surface area contributed by atoms with E-state index in [0.717, 1.165) is 5.56 Å². The van der Waals surface area contributed by atoms with Crippen molar-refractivity contribution in [2.24, 2.45) is 0 Å². The number of nitrogens with one attached hydrogen (secondary N) is 2. The van der Waals surface area contributed by atoms with Crippen molar-refractivity contribution in [3.63, 3.8) is 0 Å². The second-order valence-electron chi connectivity index (χ2n) is 6.04. The fraction of sp³-hybridized carbons (Fsp3) is 0.250. The molecule has 0 aliphatic heterocycles. The lowest BCUT2D eigenvalue weighted by Crippen LogP contribution is -2.44. The number of benzene rings is 1. The number of furan rings is 1. The van der Waals surface area contributed by atoms with Gasteiger partial charge in [0.25, 0.3) is 0 Å². The van der Waals surface area contributed by atoms with Gasteiger partial charge in [-0.25, -0.2) is 4.79 Å². The van der Waals surface area contributed by atoms with Crippen molar-refractivity contribution in [1.29, 1.82) is 0 Å². The Morgan fingerprint density at radius 3 is 2.61 bits per heavy atom. The van der Waals surface area contributed by atoms with E-state index in [1.807, 2.05) is 17.5 Å². The standard InChI is InChI=1S/C20H22N2O5S/c1-25-15-8-7-14(11-16(15)26-2)12-21-19(23)22-13-20(24,17-5-3-9-27-17)18-6-4-10-28-18/h3-11,24H,12-13H2,1-2H3,(H2,21,22,23). The summed E-state index contributed by atoms with van der Waals surface area (Å²) in [7, 11) is 3.12. The van der Waals surface area contributed by atoms with Crippen LogP contribution in [0.5, 0.6) is 11.5 Å². The Bertz CT molecular complexity index is 859. The van der Waals surface area contributed by atoms with Crippen LogP contribution in [-0.4, -0.2) is 31.9 Å². The molecule has 148 valence electrons. The Labute approximate surface area is 166 Å². The molecule has 0 aliphatic rings. The van der Waals surface area contributed by atoms with Gasteiger partial charge in [-0.15, -0.1) is 11.3 Å². The summed E-state index contributed by atoms with van der Waals surface area (Å²) in [5.74, 6) is 1.58. The molecule has 3 rings (SSSR count). The van der Waals surface area contributed by atoms with E-state index < -0.39 is 11.6 Å². The highest BCUT2D eigenvalue weighted by Crippen LogP contribution is 2.32. The van der Waals surface area contributed by atoms with E-state index in [1.165, 1.54) is 17.6 Å². The molecule has 28 heavy (non-hydrogen) atoms. The zero-order valence-electron chi connectivity index (χ0n) is 15.6. The Hall–Kier alpha value is -2.97. The van der Waals surface area contributed by atoms with Crippen LogP contribution in [0.3, 0.4) is 0 Å². The van der Waals surface area contributed by atoms with Crippen molar-refractivity contribution in [3.05, 3.63) is 70.3 Å². The molecule has 1 aromatic carbocycles. The molecule has 0 bridgehead atoms. The monoisotopic (exact) mass is 402 g/mol. The number of urea groups is 1. The first-order chi connectivity index (χ1) is 13.6. The molecule has 2 heterocycles. The van der Waals surface area contributed by atoms with Gasteiger partial charge in [0.05, 0.1) is 27.0 Å². The molecule has 0 spiro atoms. The molecule has 0 fully saturated rings. The fourth-order valence-electron chi connectivity index (χ4n) is 2.77. The Morgan fingerprint density at radius 1 is 1.14 bits per heavy atom. The van der Waals surface area contributed by atoms with Crippen molar-refractivity contribution in [1.82, 2.24) is 10.6 Å². The number of carbonyl (C=O) groups is 1. The summed E-state index contributed by atoms with van der Waals surface area (Å²) in [6.45, 7) is 0.267. The highest BCUT2D eigenvalue weighted by Gasteiger charge is 2.36. The maximum Gasteiger partial charge on any atom is 0.315 e. The van der Waals surface area contributed by atoms with Crippen LogP contribution in [0.1, 0.15) is 16.2 Å². The van der Waals surface area contributed by atoms with Gasteiger partial charge in [0.15, 0.2) is 17.1 Å². The van der Waals surface area contributed by atoms with Gasteiger partial charge in [-0.2, -0.15) is 0 Å². The summed E-state index contributed by atoms with van der Waals surface area (Å²) in [5, 5.41) is 18.5. The van der Waals surface area contributed by atoms with E-state index in [9.17, 15) is 9.90 Å². The molecule has 1 unspecified atom stereocenters. The lowest BCUT2D eigenvalue weighted by atomic mass is 9.99. The van der Waals surface area contributed by atoms with Crippen molar-refractivity contribution >= 4 is 17.4 Å². The molecular formula is C20H22N2O5S. The lowest BCUT2D eigenvalue weighted by Gasteiger charge is -2.25. The third-order valence-electron chi connectivity index (χ3n) is 4.26. The van der Waals surface area contributed by atoms with Crippen LogP contribution in [0.15, 0.2) is 58.5 Å². The molecule has 0 saturated carbocycles. The van der Waals surface area contributed by atoms with E-state index in [-0.39, 0.29) is 6.54 Å². The zero-order chi connectivity index (χ0) is 20.0. The number of methoxy groups -OCH3 is 2. The van der Waals surface area contributed by atoms with E-state index in [1.54, 1.807) is 44.6 Å². The summed E-state index contributed by atoms with van der Waals surface area (Å²) in [5.41, 5.74) is -0.578. The van der Waals surface area contributed by atoms with Crippen LogP contribution >= 0.6 is 11.3 Å². The second kappa shape index (κ2) is 8.81. The van der Waals surface area contributed by atoms with Crippen LogP contribution in [0, 0.1) is 0 Å². The first-order valence-electron chi connectivity index (χ1n) is 8.60. The van der Waals surface area contributed by atoms with E-state index >= 15 is 0 Å². The summed E-state index contributed by atoms with van der Waals surface area (Å²) in [6.07, 6.45) is 1.49. The SMILES string of the molecule is COc1ccc(CNC(=O)NCC(O)(c2ccco2)c2cccs2)cc1OC. The van der Waals surface area contributed by atoms with Crippen molar-refractivity contribution in [3.8, 4) is 11.5 Å². The molecule has 2 amide bonds. The summed E-state index contributed by atoms with van der Waals surface area (Å²) >= 11 is 1.39. The highest BCUT2D eigenvalue weighted by molar-refractivity contribution is 7.10. The average Bonchev–Trinajstić information content (AvgIpc) is 3.44. The minimum atomic E-state index is -1.43. The van der Waals surface area contributed by atoms with Gasteiger partial charge in [-0.1, -0.05) is 12.1 Å². The van der Waals surface area contributed by atoms with Crippen LogP contribution in [0.4, 0.5) is 4.79 Å². The van der Waals surface area contributed by atoms with Crippen molar-refractivity contribution < 1.29 is 23.8 Å². The summed E-state index contributed by atoms with van der Waals surface area (Å²) in [6, 6.07) is 12.0. The number of amides is 2. The Balaban J connectivity index is 1.61. The first-order valence-corrected chi connectivity index (χ1v) is 9.47. The molecule has 7 nitrogen and oxygen atoms in total. The first kappa shape index (κ1) is 19.8. The van der Waals surface area contributed by atoms with Gasteiger partial charge in [0.2, 0.25) is 0 Å². The normalized spacial score (nSPS) is 12.8. The molecule has 3 aromatic rings.